The van der Waals surface area contributed by atoms with Crippen LogP contribution in [0.5, 0.6) is 11.5 Å². The number of carbonyl (C=O) groups is 2. The fourth-order valence-electron chi connectivity index (χ4n) is 3.39. The summed E-state index contributed by atoms with van der Waals surface area (Å²) < 4.78 is 13.0. The van der Waals surface area contributed by atoms with E-state index in [1.165, 1.54) is 4.90 Å². The minimum absolute atomic E-state index is 0.170. The number of amides is 2. The second-order valence-electron chi connectivity index (χ2n) is 7.84. The van der Waals surface area contributed by atoms with Gasteiger partial charge in [-0.3, -0.25) is 14.5 Å². The first kappa shape index (κ1) is 27.1. The molecule has 0 N–H and O–H groups in total. The van der Waals surface area contributed by atoms with Crippen LogP contribution >= 0.6 is 66.8 Å². The van der Waals surface area contributed by atoms with Crippen molar-refractivity contribution in [3.05, 3.63) is 95.2 Å². The van der Waals surface area contributed by atoms with Gasteiger partial charge in [0.25, 0.3) is 11.1 Å². The van der Waals surface area contributed by atoms with Gasteiger partial charge in [0, 0.05) is 15.6 Å². The lowest BCUT2D eigenvalue weighted by Gasteiger charge is -2.13. The minimum Gasteiger partial charge on any atom is -0.492 e. The van der Waals surface area contributed by atoms with Gasteiger partial charge in [0.15, 0.2) is 0 Å². The van der Waals surface area contributed by atoms with Crippen molar-refractivity contribution in [2.24, 2.45) is 0 Å². The van der Waals surface area contributed by atoms with E-state index in [1.807, 2.05) is 49.4 Å². The van der Waals surface area contributed by atoms with Crippen molar-refractivity contribution < 1.29 is 19.1 Å². The van der Waals surface area contributed by atoms with Gasteiger partial charge in [-0.15, -0.1) is 0 Å². The summed E-state index contributed by atoms with van der Waals surface area (Å²) in [5, 5.41) is 0.752. The Kier molecular flexibility index (Phi) is 9.06. The van der Waals surface area contributed by atoms with Crippen LogP contribution in [0.4, 0.5) is 4.79 Å². The molecule has 1 aliphatic rings. The molecule has 1 aliphatic heterocycles. The molecule has 0 saturated carbocycles. The van der Waals surface area contributed by atoms with E-state index < -0.39 is 0 Å². The van der Waals surface area contributed by atoms with E-state index in [9.17, 15) is 9.59 Å². The van der Waals surface area contributed by atoms with E-state index in [0.29, 0.717) is 35.4 Å². The zero-order chi connectivity index (χ0) is 25.8. The van der Waals surface area contributed by atoms with Crippen molar-refractivity contribution >= 4 is 84.0 Å². The number of aryl methyl sites for hydroxylation is 1. The van der Waals surface area contributed by atoms with Gasteiger partial charge >= 0.3 is 0 Å². The van der Waals surface area contributed by atoms with Crippen LogP contribution in [0.25, 0.3) is 6.08 Å². The quantitative estimate of drug-likeness (QED) is 0.225. The summed E-state index contributed by atoms with van der Waals surface area (Å²) in [6, 6.07) is 16.5. The number of benzene rings is 3. The Bertz CT molecular complexity index is 1340. The summed E-state index contributed by atoms with van der Waals surface area (Å²) in [6.07, 6.45) is 1.68. The molecule has 1 saturated heterocycles. The maximum atomic E-state index is 12.9. The molecule has 0 bridgehead atoms. The molecule has 0 spiro atoms. The Morgan fingerprint density at radius 3 is 2.44 bits per heavy atom. The summed E-state index contributed by atoms with van der Waals surface area (Å²) in [5.74, 6) is 0.940. The van der Waals surface area contributed by atoms with E-state index in [0.717, 1.165) is 28.5 Å². The Morgan fingerprint density at radius 1 is 1.00 bits per heavy atom. The topological polar surface area (TPSA) is 55.8 Å². The van der Waals surface area contributed by atoms with E-state index in [2.05, 4.69) is 31.9 Å². The van der Waals surface area contributed by atoms with Crippen molar-refractivity contribution in [1.29, 1.82) is 0 Å². The van der Waals surface area contributed by atoms with Gasteiger partial charge in [0.2, 0.25) is 0 Å². The van der Waals surface area contributed by atoms with Crippen molar-refractivity contribution in [3.8, 4) is 11.5 Å². The van der Waals surface area contributed by atoms with Crippen molar-refractivity contribution in [2.75, 3.05) is 13.2 Å². The van der Waals surface area contributed by atoms with Crippen LogP contribution < -0.4 is 9.47 Å². The zero-order valence-corrected chi connectivity index (χ0v) is 24.4. The number of hydrogen-bond acceptors (Lipinski definition) is 5. The normalized spacial score (nSPS) is 14.6. The molecule has 0 radical (unpaired) electrons. The molecule has 0 atom stereocenters. The molecular weight excluding hydrogens is 653 g/mol. The molecule has 2 amide bonds. The lowest BCUT2D eigenvalue weighted by Crippen LogP contribution is -2.32. The van der Waals surface area contributed by atoms with Crippen LogP contribution in [-0.4, -0.2) is 29.2 Å². The van der Waals surface area contributed by atoms with E-state index in [1.54, 1.807) is 18.2 Å². The van der Waals surface area contributed by atoms with Crippen LogP contribution in [-0.2, 0) is 11.4 Å². The van der Waals surface area contributed by atoms with Gasteiger partial charge in [-0.25, -0.2) is 0 Å². The predicted molar refractivity (Wildman–Crippen MR) is 152 cm³/mol. The summed E-state index contributed by atoms with van der Waals surface area (Å²) in [6.45, 7) is 2.60. The third kappa shape index (κ3) is 6.66. The lowest BCUT2D eigenvalue weighted by atomic mass is 10.2. The van der Waals surface area contributed by atoms with Crippen LogP contribution in [0.15, 0.2) is 68.4 Å². The molecule has 186 valence electrons. The second-order valence-corrected chi connectivity index (χ2v) is 11.4. The standard InChI is InChI=1S/C26H19Br2Cl2NO4S/c1-15-3-2-4-19(9-15)34-8-7-31-25(32)23(36-26(31)33)12-16-10-20(27)24(21(28)11-16)35-14-17-5-6-18(29)13-22(17)30/h2-6,9-13H,7-8,14H2,1H3/b23-12-. The maximum absolute atomic E-state index is 12.9. The van der Waals surface area contributed by atoms with Gasteiger partial charge in [0.1, 0.15) is 24.7 Å². The summed E-state index contributed by atoms with van der Waals surface area (Å²) in [7, 11) is 0. The van der Waals surface area contributed by atoms with Crippen LogP contribution in [0.3, 0.4) is 0 Å². The lowest BCUT2D eigenvalue weighted by molar-refractivity contribution is -0.123. The number of halogens is 4. The van der Waals surface area contributed by atoms with Crippen LogP contribution in [0, 0.1) is 6.92 Å². The number of hydrogen-bond donors (Lipinski definition) is 0. The highest BCUT2D eigenvalue weighted by atomic mass is 79.9. The molecule has 3 aromatic carbocycles. The number of nitrogens with zero attached hydrogens (tertiary/aromatic N) is 1. The minimum atomic E-state index is -0.345. The van der Waals surface area contributed by atoms with Crippen molar-refractivity contribution in [3.63, 3.8) is 0 Å². The molecule has 0 aromatic heterocycles. The molecule has 1 fully saturated rings. The summed E-state index contributed by atoms with van der Waals surface area (Å²) in [4.78, 5) is 26.9. The largest absolute Gasteiger partial charge is 0.492 e. The number of imide groups is 1. The van der Waals surface area contributed by atoms with Gasteiger partial charge in [0.05, 0.1) is 20.4 Å². The molecule has 10 heteroatoms. The SMILES string of the molecule is Cc1cccc(OCCN2C(=O)S/C(=C\c3cc(Br)c(OCc4ccc(Cl)cc4Cl)c(Br)c3)C2=O)c1. The van der Waals surface area contributed by atoms with E-state index in [-0.39, 0.29) is 30.9 Å². The average Bonchev–Trinajstić information content (AvgIpc) is 3.07. The predicted octanol–water partition coefficient (Wildman–Crippen LogP) is 8.52. The van der Waals surface area contributed by atoms with Gasteiger partial charge in [-0.05, 0) is 104 Å². The fraction of sp³-hybridized carbons (Fsp3) is 0.154. The van der Waals surface area contributed by atoms with Crippen LogP contribution in [0.2, 0.25) is 10.0 Å². The number of thioether (sulfide) groups is 1. The molecule has 4 rings (SSSR count). The summed E-state index contributed by atoms with van der Waals surface area (Å²) >= 11 is 20.1. The van der Waals surface area contributed by atoms with Gasteiger partial charge in [-0.2, -0.15) is 0 Å². The molecule has 0 unspecified atom stereocenters. The van der Waals surface area contributed by atoms with Crippen molar-refractivity contribution in [2.45, 2.75) is 13.5 Å². The fourth-order valence-corrected chi connectivity index (χ4v) is 6.17. The first-order chi connectivity index (χ1) is 17.2. The van der Waals surface area contributed by atoms with E-state index >= 15 is 0 Å². The van der Waals surface area contributed by atoms with E-state index in [4.69, 9.17) is 32.7 Å². The average molecular weight is 672 g/mol. The zero-order valence-electron chi connectivity index (χ0n) is 18.9. The van der Waals surface area contributed by atoms with Crippen molar-refractivity contribution in [1.82, 2.24) is 4.90 Å². The first-order valence-corrected chi connectivity index (χ1v) is 13.9. The smallest absolute Gasteiger partial charge is 0.293 e. The van der Waals surface area contributed by atoms with Gasteiger partial charge < -0.3 is 9.47 Å². The third-order valence-electron chi connectivity index (χ3n) is 5.15. The summed E-state index contributed by atoms with van der Waals surface area (Å²) in [5.41, 5.74) is 2.60. The highest BCUT2D eigenvalue weighted by Crippen LogP contribution is 2.38. The number of rotatable bonds is 8. The molecule has 0 aliphatic carbocycles. The second kappa shape index (κ2) is 12.0. The molecule has 5 nitrogen and oxygen atoms in total. The highest BCUT2D eigenvalue weighted by molar-refractivity contribution is 9.11. The number of carbonyl (C=O) groups excluding carboxylic acids is 2. The maximum Gasteiger partial charge on any atom is 0.293 e. The third-order valence-corrected chi connectivity index (χ3v) is 7.82. The Morgan fingerprint density at radius 2 is 1.75 bits per heavy atom. The Labute approximate surface area is 240 Å². The molecule has 36 heavy (non-hydrogen) atoms. The Hall–Kier alpha value is -1.97. The Balaban J connectivity index is 1.41. The molecule has 3 aromatic rings. The first-order valence-electron chi connectivity index (χ1n) is 10.7. The molecule has 1 heterocycles. The van der Waals surface area contributed by atoms with Crippen LogP contribution in [0.1, 0.15) is 16.7 Å². The number of ether oxygens (including phenoxy) is 2. The highest BCUT2D eigenvalue weighted by Gasteiger charge is 2.34. The van der Waals surface area contributed by atoms with Gasteiger partial charge in [-0.1, -0.05) is 41.4 Å². The monoisotopic (exact) mass is 669 g/mol. The molecular formula is C26H19Br2Cl2NO4S.